The minimum atomic E-state index is -0.725. The summed E-state index contributed by atoms with van der Waals surface area (Å²) >= 11 is 0. The van der Waals surface area contributed by atoms with Crippen molar-refractivity contribution in [2.45, 2.75) is 33.1 Å². The lowest BCUT2D eigenvalue weighted by atomic mass is 9.84. The first-order chi connectivity index (χ1) is 7.02. The number of aryl methyl sites for hydroxylation is 1. The van der Waals surface area contributed by atoms with Gasteiger partial charge >= 0.3 is 5.97 Å². The SMILES string of the molecule is Cc1ccccc1C(CC(=O)O)C(C)C. The molecule has 0 heterocycles. The van der Waals surface area contributed by atoms with Crippen LogP contribution in [0.5, 0.6) is 0 Å². The van der Waals surface area contributed by atoms with Crippen molar-refractivity contribution in [1.29, 1.82) is 0 Å². The summed E-state index contributed by atoms with van der Waals surface area (Å²) in [7, 11) is 0. The monoisotopic (exact) mass is 206 g/mol. The quantitative estimate of drug-likeness (QED) is 0.821. The highest BCUT2D eigenvalue weighted by atomic mass is 16.4. The molecule has 2 heteroatoms. The van der Waals surface area contributed by atoms with Crippen LogP contribution in [-0.4, -0.2) is 11.1 Å². The van der Waals surface area contributed by atoms with Gasteiger partial charge in [-0.25, -0.2) is 0 Å². The summed E-state index contributed by atoms with van der Waals surface area (Å²) in [5.74, 6) is -0.261. The number of carboxylic acid groups (broad SMARTS) is 1. The smallest absolute Gasteiger partial charge is 0.303 e. The lowest BCUT2D eigenvalue weighted by Gasteiger charge is -2.21. The van der Waals surface area contributed by atoms with Crippen LogP contribution in [0.2, 0.25) is 0 Å². The number of carboxylic acids is 1. The van der Waals surface area contributed by atoms with Gasteiger partial charge in [-0.15, -0.1) is 0 Å². The fourth-order valence-electron chi connectivity index (χ4n) is 1.90. The van der Waals surface area contributed by atoms with Crippen LogP contribution in [0.15, 0.2) is 24.3 Å². The number of hydrogen-bond acceptors (Lipinski definition) is 1. The van der Waals surface area contributed by atoms with Gasteiger partial charge in [0.2, 0.25) is 0 Å². The summed E-state index contributed by atoms with van der Waals surface area (Å²) in [4.78, 5) is 10.8. The van der Waals surface area contributed by atoms with Gasteiger partial charge < -0.3 is 5.11 Å². The van der Waals surface area contributed by atoms with Gasteiger partial charge in [0.25, 0.3) is 0 Å². The van der Waals surface area contributed by atoms with Gasteiger partial charge in [-0.3, -0.25) is 4.79 Å². The molecule has 0 bridgehead atoms. The first-order valence-electron chi connectivity index (χ1n) is 5.29. The van der Waals surface area contributed by atoms with Crippen LogP contribution in [0.3, 0.4) is 0 Å². The summed E-state index contributed by atoms with van der Waals surface area (Å²) in [6.07, 6.45) is 0.211. The molecule has 0 aliphatic heterocycles. The average molecular weight is 206 g/mol. The predicted octanol–water partition coefficient (Wildman–Crippen LogP) is 3.21. The van der Waals surface area contributed by atoms with Gasteiger partial charge in [0.15, 0.2) is 0 Å². The molecule has 0 spiro atoms. The van der Waals surface area contributed by atoms with E-state index in [1.165, 1.54) is 5.56 Å². The molecular formula is C13H18O2. The number of benzene rings is 1. The predicted molar refractivity (Wildman–Crippen MR) is 61.0 cm³/mol. The van der Waals surface area contributed by atoms with E-state index in [0.717, 1.165) is 5.56 Å². The van der Waals surface area contributed by atoms with Crippen molar-refractivity contribution in [3.8, 4) is 0 Å². The van der Waals surface area contributed by atoms with Crippen LogP contribution in [0.25, 0.3) is 0 Å². The van der Waals surface area contributed by atoms with Gasteiger partial charge in [-0.05, 0) is 29.9 Å². The van der Waals surface area contributed by atoms with Gasteiger partial charge in [0.05, 0.1) is 6.42 Å². The maximum atomic E-state index is 10.8. The van der Waals surface area contributed by atoms with Crippen molar-refractivity contribution < 1.29 is 9.90 Å². The van der Waals surface area contributed by atoms with Gasteiger partial charge in [0, 0.05) is 0 Å². The molecule has 0 aliphatic rings. The third kappa shape index (κ3) is 3.08. The average Bonchev–Trinajstić information content (AvgIpc) is 2.15. The first-order valence-corrected chi connectivity index (χ1v) is 5.29. The highest BCUT2D eigenvalue weighted by Gasteiger charge is 2.20. The minimum Gasteiger partial charge on any atom is -0.481 e. The van der Waals surface area contributed by atoms with Gasteiger partial charge in [0.1, 0.15) is 0 Å². The van der Waals surface area contributed by atoms with E-state index in [2.05, 4.69) is 13.8 Å². The molecule has 0 radical (unpaired) electrons. The third-order valence-electron chi connectivity index (χ3n) is 2.79. The molecule has 0 aromatic heterocycles. The van der Waals surface area contributed by atoms with E-state index in [1.54, 1.807) is 0 Å². The molecule has 0 aliphatic carbocycles. The zero-order chi connectivity index (χ0) is 11.4. The molecule has 1 unspecified atom stereocenters. The van der Waals surface area contributed by atoms with Crippen LogP contribution in [0.1, 0.15) is 37.3 Å². The fourth-order valence-corrected chi connectivity index (χ4v) is 1.90. The van der Waals surface area contributed by atoms with Crippen molar-refractivity contribution in [2.24, 2.45) is 5.92 Å². The van der Waals surface area contributed by atoms with Crippen molar-refractivity contribution >= 4 is 5.97 Å². The Hall–Kier alpha value is -1.31. The molecule has 0 saturated carbocycles. The van der Waals surface area contributed by atoms with Gasteiger partial charge in [-0.2, -0.15) is 0 Å². The zero-order valence-electron chi connectivity index (χ0n) is 9.53. The van der Waals surface area contributed by atoms with E-state index in [4.69, 9.17) is 5.11 Å². The minimum absolute atomic E-state index is 0.115. The number of hydrogen-bond donors (Lipinski definition) is 1. The molecular weight excluding hydrogens is 188 g/mol. The van der Waals surface area contributed by atoms with Crippen LogP contribution < -0.4 is 0 Å². The van der Waals surface area contributed by atoms with Crippen molar-refractivity contribution in [3.63, 3.8) is 0 Å². The summed E-state index contributed by atoms with van der Waals surface area (Å²) in [5, 5.41) is 8.88. The largest absolute Gasteiger partial charge is 0.481 e. The molecule has 15 heavy (non-hydrogen) atoms. The van der Waals surface area contributed by atoms with Crippen LogP contribution in [-0.2, 0) is 4.79 Å². The maximum Gasteiger partial charge on any atom is 0.303 e. The van der Waals surface area contributed by atoms with Crippen LogP contribution >= 0.6 is 0 Å². The summed E-state index contributed by atoms with van der Waals surface area (Å²) < 4.78 is 0. The van der Waals surface area contributed by atoms with E-state index in [9.17, 15) is 4.79 Å². The Morgan fingerprint density at radius 2 is 1.93 bits per heavy atom. The maximum absolute atomic E-state index is 10.8. The molecule has 0 fully saturated rings. The van der Waals surface area contributed by atoms with Crippen LogP contribution in [0, 0.1) is 12.8 Å². The Labute approximate surface area is 90.9 Å². The normalized spacial score (nSPS) is 12.8. The Kier molecular flexibility index (Phi) is 3.89. The molecule has 1 N–H and O–H groups in total. The van der Waals surface area contributed by atoms with Crippen LogP contribution in [0.4, 0.5) is 0 Å². The number of rotatable bonds is 4. The van der Waals surface area contributed by atoms with E-state index in [1.807, 2.05) is 31.2 Å². The third-order valence-corrected chi connectivity index (χ3v) is 2.79. The summed E-state index contributed by atoms with van der Waals surface area (Å²) in [6, 6.07) is 8.02. The Morgan fingerprint density at radius 3 is 2.40 bits per heavy atom. The van der Waals surface area contributed by atoms with Gasteiger partial charge in [-0.1, -0.05) is 38.1 Å². The molecule has 0 amide bonds. The molecule has 1 atom stereocenters. The topological polar surface area (TPSA) is 37.3 Å². The Morgan fingerprint density at radius 1 is 1.33 bits per heavy atom. The number of aliphatic carboxylic acids is 1. The van der Waals surface area contributed by atoms with E-state index >= 15 is 0 Å². The fraction of sp³-hybridized carbons (Fsp3) is 0.462. The highest BCUT2D eigenvalue weighted by Crippen LogP contribution is 2.29. The van der Waals surface area contributed by atoms with Crippen molar-refractivity contribution in [2.75, 3.05) is 0 Å². The molecule has 1 aromatic rings. The van der Waals surface area contributed by atoms with Crippen molar-refractivity contribution in [1.82, 2.24) is 0 Å². The summed E-state index contributed by atoms with van der Waals surface area (Å²) in [6.45, 7) is 6.17. The molecule has 1 rings (SSSR count). The Bertz CT molecular complexity index is 342. The zero-order valence-corrected chi connectivity index (χ0v) is 9.53. The van der Waals surface area contributed by atoms with E-state index in [-0.39, 0.29) is 12.3 Å². The summed E-state index contributed by atoms with van der Waals surface area (Å²) in [5.41, 5.74) is 2.34. The second-order valence-electron chi connectivity index (χ2n) is 4.30. The number of carbonyl (C=O) groups is 1. The molecule has 2 nitrogen and oxygen atoms in total. The van der Waals surface area contributed by atoms with E-state index in [0.29, 0.717) is 5.92 Å². The van der Waals surface area contributed by atoms with Crippen molar-refractivity contribution in [3.05, 3.63) is 35.4 Å². The standard InChI is InChI=1S/C13H18O2/c1-9(2)12(8-13(14)15)11-7-5-4-6-10(11)3/h4-7,9,12H,8H2,1-3H3,(H,14,15). The van der Waals surface area contributed by atoms with E-state index < -0.39 is 5.97 Å². The lowest BCUT2D eigenvalue weighted by Crippen LogP contribution is -2.13. The lowest BCUT2D eigenvalue weighted by molar-refractivity contribution is -0.137. The first kappa shape index (κ1) is 11.8. The molecule has 0 saturated heterocycles. The highest BCUT2D eigenvalue weighted by molar-refractivity contribution is 5.68. The second-order valence-corrected chi connectivity index (χ2v) is 4.30. The second kappa shape index (κ2) is 4.96. The molecule has 82 valence electrons. The molecule has 1 aromatic carbocycles. The Balaban J connectivity index is 2.99.